The highest BCUT2D eigenvalue weighted by molar-refractivity contribution is 6.30. The molecule has 1 N–H and O–H groups in total. The number of hydrogen-bond donors (Lipinski definition) is 1. The summed E-state index contributed by atoms with van der Waals surface area (Å²) >= 11 is 5.75. The van der Waals surface area contributed by atoms with Gasteiger partial charge in [0.2, 0.25) is 0 Å². The van der Waals surface area contributed by atoms with Crippen LogP contribution in [0.25, 0.3) is 0 Å². The van der Waals surface area contributed by atoms with Crippen LogP contribution in [0.3, 0.4) is 0 Å². The highest BCUT2D eigenvalue weighted by Crippen LogP contribution is 2.15. The van der Waals surface area contributed by atoms with Gasteiger partial charge in [-0.05, 0) is 42.8 Å². The van der Waals surface area contributed by atoms with Crippen LogP contribution >= 0.6 is 11.6 Å². The number of anilines is 1. The Labute approximate surface area is 116 Å². The molecule has 0 spiro atoms. The highest BCUT2D eigenvalue weighted by Gasteiger charge is 2.04. The van der Waals surface area contributed by atoms with Crippen molar-refractivity contribution in [1.29, 1.82) is 0 Å². The van der Waals surface area contributed by atoms with Gasteiger partial charge in [0.25, 0.3) is 5.91 Å². The Hall–Kier alpha value is -2.07. The fraction of sp³-hybridized carbons (Fsp3) is 0.143. The van der Waals surface area contributed by atoms with Gasteiger partial charge < -0.3 is 10.1 Å². The van der Waals surface area contributed by atoms with E-state index in [0.717, 1.165) is 5.56 Å². The summed E-state index contributed by atoms with van der Waals surface area (Å²) in [6, 6.07) is 10.4. The van der Waals surface area contributed by atoms with Gasteiger partial charge in [-0.1, -0.05) is 17.7 Å². The van der Waals surface area contributed by atoms with Crippen molar-refractivity contribution in [3.05, 3.63) is 53.2 Å². The van der Waals surface area contributed by atoms with E-state index in [1.807, 2.05) is 13.0 Å². The number of rotatable bonds is 4. The average molecular weight is 277 g/mol. The second kappa shape index (κ2) is 6.20. The van der Waals surface area contributed by atoms with Crippen LogP contribution in [0.2, 0.25) is 5.02 Å². The van der Waals surface area contributed by atoms with E-state index in [1.165, 1.54) is 0 Å². The molecule has 0 aliphatic carbocycles. The molecule has 5 heteroatoms. The van der Waals surface area contributed by atoms with Gasteiger partial charge in [0, 0.05) is 11.2 Å². The van der Waals surface area contributed by atoms with Crippen LogP contribution in [-0.4, -0.2) is 17.5 Å². The highest BCUT2D eigenvalue weighted by atomic mass is 35.5. The van der Waals surface area contributed by atoms with Crippen molar-refractivity contribution in [2.75, 3.05) is 11.9 Å². The number of nitrogens with zero attached hydrogens (tertiary/aromatic N) is 1. The third-order valence-corrected chi connectivity index (χ3v) is 2.61. The number of aryl methyl sites for hydroxylation is 1. The maximum atomic E-state index is 11.6. The number of nitrogens with one attached hydrogen (secondary N) is 1. The first-order valence-electron chi connectivity index (χ1n) is 5.74. The van der Waals surface area contributed by atoms with Crippen molar-refractivity contribution in [2.45, 2.75) is 6.92 Å². The minimum Gasteiger partial charge on any atom is -0.484 e. The van der Waals surface area contributed by atoms with Gasteiger partial charge in [0.05, 0.1) is 0 Å². The van der Waals surface area contributed by atoms with Crippen LogP contribution in [-0.2, 0) is 4.79 Å². The van der Waals surface area contributed by atoms with E-state index < -0.39 is 0 Å². The Bertz CT molecular complexity index is 553. The molecule has 0 atom stereocenters. The maximum absolute atomic E-state index is 11.6. The number of benzene rings is 1. The van der Waals surface area contributed by atoms with Gasteiger partial charge >= 0.3 is 0 Å². The molecule has 1 amide bonds. The molecule has 0 saturated carbocycles. The summed E-state index contributed by atoms with van der Waals surface area (Å²) in [5, 5.41) is 3.28. The number of aromatic nitrogens is 1. The second-order valence-corrected chi connectivity index (χ2v) is 4.45. The monoisotopic (exact) mass is 276 g/mol. The Balaban J connectivity index is 1.84. The molecular weight excluding hydrogens is 264 g/mol. The lowest BCUT2D eigenvalue weighted by Crippen LogP contribution is -2.20. The van der Waals surface area contributed by atoms with Crippen molar-refractivity contribution in [3.63, 3.8) is 0 Å². The molecule has 0 bridgehead atoms. The van der Waals surface area contributed by atoms with Crippen molar-refractivity contribution in [3.8, 4) is 5.75 Å². The lowest BCUT2D eigenvalue weighted by molar-refractivity contribution is -0.118. The van der Waals surface area contributed by atoms with Crippen molar-refractivity contribution < 1.29 is 9.53 Å². The zero-order valence-electron chi connectivity index (χ0n) is 10.4. The van der Waals surface area contributed by atoms with Gasteiger partial charge in [-0.2, -0.15) is 0 Å². The van der Waals surface area contributed by atoms with Crippen molar-refractivity contribution in [2.24, 2.45) is 0 Å². The summed E-state index contributed by atoms with van der Waals surface area (Å²) in [6.07, 6.45) is 1.69. The number of ether oxygens (including phenoxy) is 1. The average Bonchev–Trinajstić information content (AvgIpc) is 2.41. The third-order valence-electron chi connectivity index (χ3n) is 2.36. The summed E-state index contributed by atoms with van der Waals surface area (Å²) in [6.45, 7) is 1.86. The summed E-state index contributed by atoms with van der Waals surface area (Å²) in [5.41, 5.74) is 1.04. The fourth-order valence-corrected chi connectivity index (χ4v) is 1.53. The van der Waals surface area contributed by atoms with E-state index in [0.29, 0.717) is 16.6 Å². The predicted molar refractivity (Wildman–Crippen MR) is 74.6 cm³/mol. The molecular formula is C14H13ClN2O2. The van der Waals surface area contributed by atoms with E-state index >= 15 is 0 Å². The molecule has 0 fully saturated rings. The molecule has 2 aromatic rings. The van der Waals surface area contributed by atoms with E-state index in [-0.39, 0.29) is 12.5 Å². The van der Waals surface area contributed by atoms with Crippen LogP contribution in [0.4, 0.5) is 5.82 Å². The van der Waals surface area contributed by atoms with Crippen LogP contribution in [0, 0.1) is 6.92 Å². The maximum Gasteiger partial charge on any atom is 0.263 e. The molecule has 1 aromatic carbocycles. The van der Waals surface area contributed by atoms with Crippen LogP contribution < -0.4 is 10.1 Å². The molecule has 98 valence electrons. The first kappa shape index (κ1) is 13.4. The molecule has 0 unspecified atom stereocenters. The number of carbonyl (C=O) groups excluding carboxylic acids is 1. The number of hydrogen-bond acceptors (Lipinski definition) is 3. The Morgan fingerprint density at radius 1 is 1.26 bits per heavy atom. The largest absolute Gasteiger partial charge is 0.484 e. The minimum atomic E-state index is -0.258. The fourth-order valence-electron chi connectivity index (χ4n) is 1.40. The summed E-state index contributed by atoms with van der Waals surface area (Å²) < 4.78 is 5.32. The summed E-state index contributed by atoms with van der Waals surface area (Å²) in [5.74, 6) is 0.845. The normalized spacial score (nSPS) is 10.0. The first-order chi connectivity index (χ1) is 9.13. The van der Waals surface area contributed by atoms with Crippen molar-refractivity contribution >= 4 is 23.3 Å². The molecule has 0 radical (unpaired) electrons. The van der Waals surface area contributed by atoms with Crippen LogP contribution in [0.15, 0.2) is 42.6 Å². The van der Waals surface area contributed by atoms with Gasteiger partial charge in [0.1, 0.15) is 11.6 Å². The molecule has 2 rings (SSSR count). The molecule has 0 aliphatic heterocycles. The lowest BCUT2D eigenvalue weighted by Gasteiger charge is -2.07. The van der Waals surface area contributed by atoms with Gasteiger partial charge in [-0.3, -0.25) is 4.79 Å². The van der Waals surface area contributed by atoms with E-state index in [1.54, 1.807) is 36.5 Å². The van der Waals surface area contributed by atoms with Crippen LogP contribution in [0.5, 0.6) is 5.75 Å². The smallest absolute Gasteiger partial charge is 0.263 e. The molecule has 0 saturated heterocycles. The SMILES string of the molecule is Cc1ccc(NC(=O)COc2ccc(Cl)cc2)nc1. The number of pyridine rings is 1. The number of halogens is 1. The van der Waals surface area contributed by atoms with E-state index in [2.05, 4.69) is 10.3 Å². The van der Waals surface area contributed by atoms with Gasteiger partial charge in [-0.15, -0.1) is 0 Å². The lowest BCUT2D eigenvalue weighted by atomic mass is 10.3. The standard InChI is InChI=1S/C14H13ClN2O2/c1-10-2-7-13(16-8-10)17-14(18)9-19-12-5-3-11(15)4-6-12/h2-8H,9H2,1H3,(H,16,17,18). The van der Waals surface area contributed by atoms with E-state index in [4.69, 9.17) is 16.3 Å². The zero-order valence-corrected chi connectivity index (χ0v) is 11.1. The summed E-state index contributed by atoms with van der Waals surface area (Å²) in [4.78, 5) is 15.7. The molecule has 1 aromatic heterocycles. The topological polar surface area (TPSA) is 51.2 Å². The summed E-state index contributed by atoms with van der Waals surface area (Å²) in [7, 11) is 0. The molecule has 19 heavy (non-hydrogen) atoms. The van der Waals surface area contributed by atoms with Gasteiger partial charge in [0.15, 0.2) is 6.61 Å². The Morgan fingerprint density at radius 2 is 2.00 bits per heavy atom. The zero-order chi connectivity index (χ0) is 13.7. The third kappa shape index (κ3) is 4.26. The molecule has 0 aliphatic rings. The van der Waals surface area contributed by atoms with Gasteiger partial charge in [-0.25, -0.2) is 4.98 Å². The Kier molecular flexibility index (Phi) is 4.36. The minimum absolute atomic E-state index is 0.0722. The number of amides is 1. The molecule has 4 nitrogen and oxygen atoms in total. The molecule has 1 heterocycles. The predicted octanol–water partition coefficient (Wildman–Crippen LogP) is 3.06. The number of carbonyl (C=O) groups is 1. The second-order valence-electron chi connectivity index (χ2n) is 4.01. The Morgan fingerprint density at radius 3 is 2.63 bits per heavy atom. The van der Waals surface area contributed by atoms with Crippen LogP contribution in [0.1, 0.15) is 5.56 Å². The first-order valence-corrected chi connectivity index (χ1v) is 6.12. The van der Waals surface area contributed by atoms with Crippen molar-refractivity contribution in [1.82, 2.24) is 4.98 Å². The quantitative estimate of drug-likeness (QED) is 0.934. The van der Waals surface area contributed by atoms with E-state index in [9.17, 15) is 4.79 Å².